The second-order valence-electron chi connectivity index (χ2n) is 7.22. The molecule has 2 heterocycles. The van der Waals surface area contributed by atoms with E-state index in [9.17, 15) is 9.90 Å². The molecule has 0 bridgehead atoms. The van der Waals surface area contributed by atoms with Gasteiger partial charge in [0.25, 0.3) is 5.56 Å². The van der Waals surface area contributed by atoms with Crippen molar-refractivity contribution in [2.45, 2.75) is 55.6 Å². The van der Waals surface area contributed by atoms with E-state index in [-0.39, 0.29) is 28.7 Å². The van der Waals surface area contributed by atoms with Crippen LogP contribution in [0.2, 0.25) is 0 Å². The van der Waals surface area contributed by atoms with E-state index in [0.717, 1.165) is 48.1 Å². The van der Waals surface area contributed by atoms with Gasteiger partial charge in [0.2, 0.25) is 0 Å². The van der Waals surface area contributed by atoms with Gasteiger partial charge in [0.15, 0.2) is 0 Å². The van der Waals surface area contributed by atoms with Crippen molar-refractivity contribution in [2.24, 2.45) is 0 Å². The molecular weight excluding hydrogens is 392 g/mol. The number of pyridine rings is 1. The number of hydrogen-bond acceptors (Lipinski definition) is 5. The normalized spacial score (nSPS) is 21.0. The predicted octanol–water partition coefficient (Wildman–Crippen LogP) is 2.45. The van der Waals surface area contributed by atoms with Crippen LogP contribution in [0, 0.1) is 0 Å². The third kappa shape index (κ3) is 4.54. The van der Waals surface area contributed by atoms with E-state index >= 15 is 0 Å². The van der Waals surface area contributed by atoms with Gasteiger partial charge >= 0.3 is 0 Å². The Kier molecular flexibility index (Phi) is 8.19. The van der Waals surface area contributed by atoms with Crippen LogP contribution in [0.3, 0.4) is 0 Å². The fourth-order valence-electron chi connectivity index (χ4n) is 3.94. The molecular formula is C20H30N4O4S. The van der Waals surface area contributed by atoms with Gasteiger partial charge in [0.05, 0.1) is 22.5 Å². The van der Waals surface area contributed by atoms with E-state index in [0.29, 0.717) is 11.1 Å². The summed E-state index contributed by atoms with van der Waals surface area (Å²) in [6.07, 6.45) is 5.71. The molecule has 1 aliphatic carbocycles. The van der Waals surface area contributed by atoms with Crippen molar-refractivity contribution in [3.63, 3.8) is 0 Å². The molecule has 0 spiro atoms. The quantitative estimate of drug-likeness (QED) is 0.476. The third-order valence-corrected chi connectivity index (χ3v) is 5.96. The van der Waals surface area contributed by atoms with E-state index < -0.39 is 5.60 Å². The Morgan fingerprint density at radius 2 is 1.83 bits per heavy atom. The molecule has 9 heteroatoms. The van der Waals surface area contributed by atoms with Gasteiger partial charge < -0.3 is 27.2 Å². The van der Waals surface area contributed by atoms with Gasteiger partial charge in [0.1, 0.15) is 5.69 Å². The first-order chi connectivity index (χ1) is 12.5. The van der Waals surface area contributed by atoms with Crippen LogP contribution in [0.4, 0.5) is 0 Å². The van der Waals surface area contributed by atoms with Gasteiger partial charge in [-0.15, -0.1) is 12.6 Å². The zero-order valence-electron chi connectivity index (χ0n) is 16.5. The third-order valence-electron chi connectivity index (χ3n) is 5.66. The molecule has 29 heavy (non-hydrogen) atoms. The second-order valence-corrected chi connectivity index (χ2v) is 7.73. The number of rotatable bonds is 3. The summed E-state index contributed by atoms with van der Waals surface area (Å²) < 4.78 is 1.99. The first kappa shape index (κ1) is 24.9. The number of nitrogens with zero attached hydrogens (tertiary/aromatic N) is 2. The minimum Gasteiger partial charge on any atom is -0.412 e. The van der Waals surface area contributed by atoms with Gasteiger partial charge in [0, 0.05) is 16.7 Å². The van der Waals surface area contributed by atoms with E-state index in [2.05, 4.69) is 17.6 Å². The number of thiol groups is 1. The molecule has 160 valence electrons. The summed E-state index contributed by atoms with van der Waals surface area (Å²) in [6.45, 7) is 2.03. The van der Waals surface area contributed by atoms with Crippen molar-refractivity contribution in [2.75, 3.05) is 0 Å². The maximum Gasteiger partial charge on any atom is 0.259 e. The number of benzene rings is 1. The molecule has 8 nitrogen and oxygen atoms in total. The molecule has 1 aliphatic rings. The van der Waals surface area contributed by atoms with E-state index in [4.69, 9.17) is 5.10 Å². The van der Waals surface area contributed by atoms with Gasteiger partial charge in [-0.1, -0.05) is 19.1 Å². The number of aromatic amines is 1. The van der Waals surface area contributed by atoms with E-state index in [1.807, 2.05) is 41.9 Å². The molecule has 0 saturated heterocycles. The van der Waals surface area contributed by atoms with Crippen LogP contribution >= 0.6 is 12.6 Å². The molecule has 0 radical (unpaired) electrons. The molecule has 0 atom stereocenters. The molecule has 0 aliphatic heterocycles. The highest BCUT2D eigenvalue weighted by molar-refractivity contribution is 7.80. The van der Waals surface area contributed by atoms with E-state index in [1.54, 1.807) is 6.20 Å². The largest absolute Gasteiger partial charge is 0.412 e. The predicted molar refractivity (Wildman–Crippen MR) is 118 cm³/mol. The zero-order valence-corrected chi connectivity index (χ0v) is 17.4. The maximum absolute atomic E-state index is 12.5. The molecule has 1 saturated carbocycles. The fraction of sp³-hybridized carbons (Fsp3) is 0.400. The van der Waals surface area contributed by atoms with Crippen LogP contribution < -0.4 is 11.7 Å². The summed E-state index contributed by atoms with van der Waals surface area (Å²) in [6, 6.07) is 9.81. The first-order valence-electron chi connectivity index (χ1n) is 9.12. The number of H-pyrrole nitrogens is 1. The van der Waals surface area contributed by atoms with Crippen molar-refractivity contribution in [1.82, 2.24) is 20.9 Å². The van der Waals surface area contributed by atoms with Crippen LogP contribution in [0.1, 0.15) is 45.1 Å². The lowest BCUT2D eigenvalue weighted by molar-refractivity contribution is -0.0114. The monoisotopic (exact) mass is 422 g/mol. The average Bonchev–Trinajstić information content (AvgIpc) is 3.04. The van der Waals surface area contributed by atoms with Crippen LogP contribution in [-0.2, 0) is 0 Å². The van der Waals surface area contributed by atoms with Crippen molar-refractivity contribution in [1.29, 1.82) is 0 Å². The minimum absolute atomic E-state index is 0. The Balaban J connectivity index is 0.00000140. The summed E-state index contributed by atoms with van der Waals surface area (Å²) in [4.78, 5) is 16.2. The lowest BCUT2D eigenvalue weighted by atomic mass is 9.80. The highest BCUT2D eigenvalue weighted by Crippen LogP contribution is 2.38. The summed E-state index contributed by atoms with van der Waals surface area (Å²) in [5.41, 5.74) is 1.78. The number of nitrogens with one attached hydrogen (secondary N) is 1. The van der Waals surface area contributed by atoms with Gasteiger partial charge in [-0.3, -0.25) is 9.48 Å². The lowest BCUT2D eigenvalue weighted by Crippen LogP contribution is -2.34. The Bertz CT molecular complexity index is 992. The molecule has 0 amide bonds. The maximum atomic E-state index is 12.5. The Morgan fingerprint density at radius 1 is 1.21 bits per heavy atom. The van der Waals surface area contributed by atoms with Gasteiger partial charge in [-0.2, -0.15) is 5.10 Å². The van der Waals surface area contributed by atoms with E-state index in [1.165, 1.54) is 0 Å². The molecule has 3 aromatic rings. The van der Waals surface area contributed by atoms with Crippen LogP contribution in [0.25, 0.3) is 22.2 Å². The fourth-order valence-corrected chi connectivity index (χ4v) is 4.09. The lowest BCUT2D eigenvalue weighted by Gasteiger charge is -2.35. The van der Waals surface area contributed by atoms with Crippen LogP contribution in [-0.4, -0.2) is 36.4 Å². The van der Waals surface area contributed by atoms with Crippen LogP contribution in [0.15, 0.2) is 46.2 Å². The number of aromatic nitrogens is 3. The van der Waals surface area contributed by atoms with Crippen molar-refractivity contribution < 1.29 is 16.1 Å². The molecule has 0 unspecified atom stereocenters. The highest BCUT2D eigenvalue weighted by atomic mass is 32.1. The zero-order chi connectivity index (χ0) is 18.3. The van der Waals surface area contributed by atoms with Crippen molar-refractivity contribution in [3.05, 3.63) is 46.9 Å². The van der Waals surface area contributed by atoms with Crippen molar-refractivity contribution in [3.8, 4) is 11.3 Å². The Hall–Kier alpha value is -2.17. The summed E-state index contributed by atoms with van der Waals surface area (Å²) in [7, 11) is 0. The highest BCUT2D eigenvalue weighted by Gasteiger charge is 2.33. The molecule has 2 aromatic heterocycles. The number of aliphatic hydroxyl groups is 1. The number of fused-ring (bicyclic) bond motifs is 1. The summed E-state index contributed by atoms with van der Waals surface area (Å²) in [5.74, 6) is 0. The Morgan fingerprint density at radius 3 is 2.41 bits per heavy atom. The van der Waals surface area contributed by atoms with Crippen LogP contribution in [0.5, 0.6) is 0 Å². The topological polar surface area (TPSA) is 169 Å². The molecule has 4 rings (SSSR count). The first-order valence-corrected chi connectivity index (χ1v) is 9.57. The summed E-state index contributed by atoms with van der Waals surface area (Å²) >= 11 is 4.33. The smallest absolute Gasteiger partial charge is 0.259 e. The van der Waals surface area contributed by atoms with Gasteiger partial charge in [-0.05, 0) is 50.3 Å². The average molecular weight is 423 g/mol. The minimum atomic E-state index is -0.553. The number of hydrogen-bond donors (Lipinski definition) is 4. The molecule has 9 N–H and O–H groups in total. The van der Waals surface area contributed by atoms with Crippen molar-refractivity contribution >= 4 is 23.5 Å². The molecule has 1 fully saturated rings. The van der Waals surface area contributed by atoms with Gasteiger partial charge in [-0.25, -0.2) is 0 Å². The summed E-state index contributed by atoms with van der Waals surface area (Å²) in [5, 5.41) is 16.0. The Labute approximate surface area is 174 Å². The SMILES string of the molecule is CCC1(O)CCC(n2nc(-c3ccc(S)cc3)c3c(=O)[nH]ccc32)CC1.N.O.O. The molecule has 1 aromatic carbocycles. The standard InChI is InChI=1S/C20H23N3O2S.H3N.2H2O/c1-2-20(25)10-7-14(8-11-20)23-16-9-12-21-19(24)17(16)18(22-23)13-3-5-15(26)6-4-13;;;/h3-6,9,12,14,25-26H,2,7-8,10-11H2,1H3,(H,21,24);1H3;2*1H2. The second kappa shape index (κ2) is 9.55.